The molecule has 1 aliphatic rings. The number of rotatable bonds is 5. The minimum absolute atomic E-state index is 0.110. The normalized spacial score (nSPS) is 16.8. The number of thioether (sulfide) groups is 1. The van der Waals surface area contributed by atoms with Crippen molar-refractivity contribution in [1.29, 1.82) is 0 Å². The van der Waals surface area contributed by atoms with Gasteiger partial charge in [-0.3, -0.25) is 4.79 Å². The SMILES string of the molecule is COc1ccccc1SCC(=O)/C=C1/N(C)c2ccccc2C1(C)C. The van der Waals surface area contributed by atoms with Crippen molar-refractivity contribution in [2.45, 2.75) is 24.2 Å². The number of methoxy groups -OCH3 is 1. The summed E-state index contributed by atoms with van der Waals surface area (Å²) in [5.74, 6) is 1.31. The topological polar surface area (TPSA) is 29.5 Å². The molecule has 0 radical (unpaired) electrons. The maximum Gasteiger partial charge on any atom is 0.167 e. The van der Waals surface area contributed by atoms with Crippen LogP contribution in [-0.2, 0) is 10.2 Å². The molecule has 0 N–H and O–H groups in total. The van der Waals surface area contributed by atoms with Gasteiger partial charge in [-0.15, -0.1) is 11.8 Å². The maximum absolute atomic E-state index is 12.6. The molecule has 0 aliphatic carbocycles. The van der Waals surface area contributed by atoms with Gasteiger partial charge in [0.15, 0.2) is 5.78 Å². The van der Waals surface area contributed by atoms with E-state index in [4.69, 9.17) is 4.74 Å². The molecule has 1 aliphatic heterocycles. The number of ether oxygens (including phenoxy) is 1. The molecular formula is C21H23NO2S. The second-order valence-corrected chi connectivity index (χ2v) is 7.65. The molecule has 3 rings (SSSR count). The number of para-hydroxylation sites is 2. The molecule has 0 aromatic heterocycles. The fraction of sp³-hybridized carbons (Fsp3) is 0.286. The quantitative estimate of drug-likeness (QED) is 0.577. The summed E-state index contributed by atoms with van der Waals surface area (Å²) in [6, 6.07) is 16.1. The zero-order chi connectivity index (χ0) is 18.0. The third-order valence-electron chi connectivity index (χ3n) is 4.68. The van der Waals surface area contributed by atoms with Crippen molar-refractivity contribution in [3.8, 4) is 5.75 Å². The molecule has 0 saturated carbocycles. The van der Waals surface area contributed by atoms with Gasteiger partial charge in [0.1, 0.15) is 5.75 Å². The lowest BCUT2D eigenvalue weighted by Crippen LogP contribution is -2.24. The Kier molecular flexibility index (Phi) is 4.91. The van der Waals surface area contributed by atoms with E-state index in [2.05, 4.69) is 36.9 Å². The van der Waals surface area contributed by atoms with Crippen molar-refractivity contribution in [3.63, 3.8) is 0 Å². The smallest absolute Gasteiger partial charge is 0.167 e. The Hall–Kier alpha value is -2.20. The molecule has 3 nitrogen and oxygen atoms in total. The molecule has 0 bridgehead atoms. The number of likely N-dealkylation sites (N-methyl/N-ethyl adjacent to an activating group) is 1. The highest BCUT2D eigenvalue weighted by atomic mass is 32.2. The van der Waals surface area contributed by atoms with Gasteiger partial charge in [0, 0.05) is 34.8 Å². The van der Waals surface area contributed by atoms with Crippen LogP contribution in [0.3, 0.4) is 0 Å². The van der Waals surface area contributed by atoms with Crippen LogP contribution in [0.15, 0.2) is 65.2 Å². The van der Waals surface area contributed by atoms with Crippen molar-refractivity contribution in [3.05, 3.63) is 65.9 Å². The van der Waals surface area contributed by atoms with Gasteiger partial charge < -0.3 is 9.64 Å². The largest absolute Gasteiger partial charge is 0.496 e. The van der Waals surface area contributed by atoms with E-state index in [9.17, 15) is 4.79 Å². The van der Waals surface area contributed by atoms with Gasteiger partial charge in [0.2, 0.25) is 0 Å². The van der Waals surface area contributed by atoms with Crippen LogP contribution in [0.4, 0.5) is 5.69 Å². The van der Waals surface area contributed by atoms with Gasteiger partial charge in [-0.25, -0.2) is 0 Å². The molecule has 2 aromatic rings. The summed E-state index contributed by atoms with van der Waals surface area (Å²) in [5, 5.41) is 0. The van der Waals surface area contributed by atoms with Gasteiger partial charge in [0.25, 0.3) is 0 Å². The summed E-state index contributed by atoms with van der Waals surface area (Å²) < 4.78 is 5.35. The Morgan fingerprint density at radius 2 is 1.84 bits per heavy atom. The van der Waals surface area contributed by atoms with E-state index in [1.807, 2.05) is 37.4 Å². The van der Waals surface area contributed by atoms with Gasteiger partial charge in [-0.1, -0.05) is 44.2 Å². The molecule has 25 heavy (non-hydrogen) atoms. The van der Waals surface area contributed by atoms with Gasteiger partial charge in [-0.05, 0) is 23.8 Å². The second-order valence-electron chi connectivity index (χ2n) is 6.64. The number of anilines is 1. The number of allylic oxidation sites excluding steroid dienone is 2. The first kappa shape index (κ1) is 17.6. The van der Waals surface area contributed by atoms with E-state index < -0.39 is 0 Å². The van der Waals surface area contributed by atoms with Crippen molar-refractivity contribution in [1.82, 2.24) is 0 Å². The Morgan fingerprint density at radius 3 is 2.56 bits per heavy atom. The van der Waals surface area contributed by atoms with Gasteiger partial charge in [-0.2, -0.15) is 0 Å². The average molecular weight is 353 g/mol. The Morgan fingerprint density at radius 1 is 1.16 bits per heavy atom. The van der Waals surface area contributed by atoms with E-state index >= 15 is 0 Å². The van der Waals surface area contributed by atoms with E-state index in [1.165, 1.54) is 23.0 Å². The number of fused-ring (bicyclic) bond motifs is 1. The summed E-state index contributed by atoms with van der Waals surface area (Å²) in [7, 11) is 3.68. The lowest BCUT2D eigenvalue weighted by atomic mass is 9.83. The van der Waals surface area contributed by atoms with Crippen molar-refractivity contribution in [2.24, 2.45) is 0 Å². The lowest BCUT2D eigenvalue weighted by Gasteiger charge is -2.23. The number of ketones is 1. The van der Waals surface area contributed by atoms with Crippen LogP contribution in [0.2, 0.25) is 0 Å². The molecule has 0 unspecified atom stereocenters. The summed E-state index contributed by atoms with van der Waals surface area (Å²) in [6.07, 6.45) is 1.79. The van der Waals surface area contributed by atoms with Crippen LogP contribution in [-0.4, -0.2) is 25.7 Å². The van der Waals surface area contributed by atoms with Crippen LogP contribution < -0.4 is 9.64 Å². The molecular weight excluding hydrogens is 330 g/mol. The molecule has 130 valence electrons. The monoisotopic (exact) mass is 353 g/mol. The minimum Gasteiger partial charge on any atom is -0.496 e. The highest BCUT2D eigenvalue weighted by molar-refractivity contribution is 8.00. The summed E-state index contributed by atoms with van der Waals surface area (Å²) in [6.45, 7) is 4.34. The van der Waals surface area contributed by atoms with Crippen LogP contribution in [0.5, 0.6) is 5.75 Å². The van der Waals surface area contributed by atoms with Crippen molar-refractivity contribution >= 4 is 23.2 Å². The molecule has 0 saturated heterocycles. The fourth-order valence-corrected chi connectivity index (χ4v) is 4.19. The van der Waals surface area contributed by atoms with Crippen LogP contribution >= 0.6 is 11.8 Å². The number of nitrogens with zero attached hydrogens (tertiary/aromatic N) is 1. The zero-order valence-electron chi connectivity index (χ0n) is 15.1. The molecule has 1 heterocycles. The first-order chi connectivity index (χ1) is 11.9. The Bertz CT molecular complexity index is 826. The highest BCUT2D eigenvalue weighted by Gasteiger charge is 2.38. The number of hydrogen-bond donors (Lipinski definition) is 0. The summed E-state index contributed by atoms with van der Waals surface area (Å²) in [5.41, 5.74) is 3.30. The fourth-order valence-electron chi connectivity index (χ4n) is 3.34. The molecule has 0 spiro atoms. The maximum atomic E-state index is 12.6. The first-order valence-corrected chi connectivity index (χ1v) is 9.27. The molecule has 4 heteroatoms. The average Bonchev–Trinajstić information content (AvgIpc) is 2.81. The van der Waals surface area contributed by atoms with Crippen LogP contribution in [0, 0.1) is 0 Å². The van der Waals surface area contributed by atoms with Crippen LogP contribution in [0.1, 0.15) is 19.4 Å². The molecule has 0 fully saturated rings. The van der Waals surface area contributed by atoms with Gasteiger partial charge in [0.05, 0.1) is 12.9 Å². The number of hydrogen-bond acceptors (Lipinski definition) is 4. The van der Waals surface area contributed by atoms with Gasteiger partial charge >= 0.3 is 0 Å². The Labute approximate surface area is 153 Å². The summed E-state index contributed by atoms with van der Waals surface area (Å²) >= 11 is 1.51. The van der Waals surface area contributed by atoms with E-state index in [-0.39, 0.29) is 11.2 Å². The molecule has 2 aromatic carbocycles. The predicted molar refractivity (Wildman–Crippen MR) is 105 cm³/mol. The van der Waals surface area contributed by atoms with Crippen molar-refractivity contribution in [2.75, 3.05) is 24.8 Å². The predicted octanol–water partition coefficient (Wildman–Crippen LogP) is 4.67. The zero-order valence-corrected chi connectivity index (χ0v) is 15.9. The molecule has 0 atom stereocenters. The number of benzene rings is 2. The number of carbonyl (C=O) groups excluding carboxylic acids is 1. The second kappa shape index (κ2) is 6.96. The minimum atomic E-state index is -0.171. The third-order valence-corrected chi connectivity index (χ3v) is 5.75. The first-order valence-electron chi connectivity index (χ1n) is 8.29. The highest BCUT2D eigenvalue weighted by Crippen LogP contribution is 2.46. The van der Waals surface area contributed by atoms with E-state index in [0.717, 1.165) is 16.3 Å². The van der Waals surface area contributed by atoms with E-state index in [1.54, 1.807) is 13.2 Å². The van der Waals surface area contributed by atoms with Crippen LogP contribution in [0.25, 0.3) is 0 Å². The number of carbonyl (C=O) groups is 1. The van der Waals surface area contributed by atoms with Crippen molar-refractivity contribution < 1.29 is 9.53 Å². The lowest BCUT2D eigenvalue weighted by molar-refractivity contribution is -0.112. The molecule has 0 amide bonds. The summed E-state index contributed by atoms with van der Waals surface area (Å²) in [4.78, 5) is 15.7. The third kappa shape index (κ3) is 3.31. The standard InChI is InChI=1S/C21H23NO2S/c1-21(2)16-9-5-6-10-17(16)22(3)20(21)13-15(23)14-25-19-12-8-7-11-18(19)24-4/h5-13H,14H2,1-4H3/b20-13+. The Balaban J connectivity index is 1.78. The van der Waals surface area contributed by atoms with E-state index in [0.29, 0.717) is 5.75 Å².